The summed E-state index contributed by atoms with van der Waals surface area (Å²) in [4.78, 5) is 40.3. The highest BCUT2D eigenvalue weighted by Gasteiger charge is 2.60. The summed E-state index contributed by atoms with van der Waals surface area (Å²) in [5, 5.41) is 0. The average molecular weight is 634 g/mol. The molecular weight excluding hydrogens is 582 g/mol. The van der Waals surface area contributed by atoms with Gasteiger partial charge in [-0.05, 0) is 128 Å². The van der Waals surface area contributed by atoms with E-state index >= 15 is 0 Å². The number of carbonyl (C=O) groups is 3. The van der Waals surface area contributed by atoms with Gasteiger partial charge < -0.3 is 4.74 Å². The first-order chi connectivity index (χ1) is 22.9. The molecule has 4 fully saturated rings. The van der Waals surface area contributed by atoms with Gasteiger partial charge in [-0.15, -0.1) is 0 Å². The van der Waals surface area contributed by atoms with E-state index in [1.165, 1.54) is 93.6 Å². The SMILES string of the molecule is CCCCCC1CCC(C2CCC(c3ccc(/C=C/C(=O)Oc4ccc(N5C(=O)CC6(CC7C=CC6C7)C5=O)cc4)cc3)CC2)CC1. The summed E-state index contributed by atoms with van der Waals surface area (Å²) >= 11 is 0. The molecule has 2 aromatic rings. The Labute approximate surface area is 280 Å². The maximum atomic E-state index is 13.4. The van der Waals surface area contributed by atoms with Crippen LogP contribution in [-0.2, 0) is 14.4 Å². The van der Waals surface area contributed by atoms with Crippen molar-refractivity contribution in [1.82, 2.24) is 0 Å². The molecule has 1 spiro atoms. The number of fused-ring (bicyclic) bond motifs is 3. The van der Waals surface area contributed by atoms with Crippen LogP contribution in [0.15, 0.2) is 66.8 Å². The van der Waals surface area contributed by atoms with E-state index in [0.717, 1.165) is 36.2 Å². The van der Waals surface area contributed by atoms with E-state index in [1.54, 1.807) is 30.3 Å². The Morgan fingerprint density at radius 1 is 0.872 bits per heavy atom. The van der Waals surface area contributed by atoms with Crippen LogP contribution < -0.4 is 9.64 Å². The Bertz CT molecular complexity index is 1490. The van der Waals surface area contributed by atoms with Gasteiger partial charge in [-0.1, -0.05) is 81.9 Å². The van der Waals surface area contributed by atoms with Crippen molar-refractivity contribution in [2.45, 2.75) is 109 Å². The van der Waals surface area contributed by atoms with Crippen LogP contribution in [0.25, 0.3) is 6.08 Å². The lowest BCUT2D eigenvalue weighted by Gasteiger charge is -2.38. The summed E-state index contributed by atoms with van der Waals surface area (Å²) in [6.07, 6.45) is 26.4. The molecule has 2 amide bonds. The first kappa shape index (κ1) is 32.1. The average Bonchev–Trinajstić information content (AvgIpc) is 3.78. The Morgan fingerprint density at radius 3 is 2.21 bits per heavy atom. The molecule has 1 aliphatic heterocycles. The molecule has 1 saturated heterocycles. The molecule has 2 aromatic carbocycles. The smallest absolute Gasteiger partial charge is 0.336 e. The van der Waals surface area contributed by atoms with Gasteiger partial charge in [0.25, 0.3) is 0 Å². The minimum absolute atomic E-state index is 0.0868. The molecule has 0 radical (unpaired) electrons. The lowest BCUT2D eigenvalue weighted by atomic mass is 9.68. The van der Waals surface area contributed by atoms with Gasteiger partial charge in [0.1, 0.15) is 5.75 Å². The van der Waals surface area contributed by atoms with Crippen molar-refractivity contribution in [3.63, 3.8) is 0 Å². The third-order valence-electron chi connectivity index (χ3n) is 12.5. The third kappa shape index (κ3) is 6.78. The predicted molar refractivity (Wildman–Crippen MR) is 187 cm³/mol. The van der Waals surface area contributed by atoms with E-state index < -0.39 is 11.4 Å². The van der Waals surface area contributed by atoms with Gasteiger partial charge >= 0.3 is 5.97 Å². The van der Waals surface area contributed by atoms with Crippen LogP contribution in [-0.4, -0.2) is 17.8 Å². The molecule has 0 N–H and O–H groups in total. The van der Waals surface area contributed by atoms with Crippen LogP contribution in [0.4, 0.5) is 5.69 Å². The second-order valence-electron chi connectivity index (χ2n) is 15.4. The minimum Gasteiger partial charge on any atom is -0.423 e. The molecule has 4 aliphatic carbocycles. The van der Waals surface area contributed by atoms with Crippen molar-refractivity contribution in [2.75, 3.05) is 4.90 Å². The number of ether oxygens (including phenoxy) is 1. The van der Waals surface area contributed by atoms with E-state index in [1.807, 2.05) is 0 Å². The molecule has 3 unspecified atom stereocenters. The van der Waals surface area contributed by atoms with Gasteiger partial charge in [-0.3, -0.25) is 14.5 Å². The highest BCUT2D eigenvalue weighted by molar-refractivity contribution is 6.23. The quantitative estimate of drug-likeness (QED) is 0.0653. The molecule has 7 rings (SSSR count). The summed E-state index contributed by atoms with van der Waals surface area (Å²) in [6.45, 7) is 2.30. The number of imide groups is 1. The molecular formula is C42H51NO4. The molecule has 5 aliphatic rings. The highest BCUT2D eigenvalue weighted by Crippen LogP contribution is 2.58. The maximum Gasteiger partial charge on any atom is 0.336 e. The van der Waals surface area contributed by atoms with E-state index in [2.05, 4.69) is 43.3 Å². The number of carbonyl (C=O) groups excluding carboxylic acids is 3. The van der Waals surface area contributed by atoms with Gasteiger partial charge in [0.15, 0.2) is 0 Å². The molecule has 47 heavy (non-hydrogen) atoms. The van der Waals surface area contributed by atoms with E-state index in [0.29, 0.717) is 23.3 Å². The van der Waals surface area contributed by atoms with Gasteiger partial charge in [0.05, 0.1) is 11.1 Å². The van der Waals surface area contributed by atoms with Crippen molar-refractivity contribution >= 4 is 29.5 Å². The van der Waals surface area contributed by atoms with Crippen LogP contribution in [0.3, 0.4) is 0 Å². The molecule has 248 valence electrons. The van der Waals surface area contributed by atoms with Crippen molar-refractivity contribution in [3.05, 3.63) is 77.9 Å². The highest BCUT2D eigenvalue weighted by atomic mass is 16.5. The van der Waals surface area contributed by atoms with Crippen molar-refractivity contribution in [3.8, 4) is 5.75 Å². The fourth-order valence-corrected chi connectivity index (χ4v) is 9.84. The second-order valence-corrected chi connectivity index (χ2v) is 15.4. The number of hydrogen-bond acceptors (Lipinski definition) is 4. The fraction of sp³-hybridized carbons (Fsp3) is 0.548. The standard InChI is InChI=1S/C42H51NO4/c1-2-3-4-5-29-6-12-32(13-7-29)34-16-18-35(19-17-34)33-14-8-30(9-15-33)11-25-40(45)47-38-23-21-37(22-24-38)43-39(44)28-42(41(43)46)27-31-10-20-36(42)26-31/h8-11,14-15,20-25,29,31-32,34-36H,2-7,12-13,16-19,26-28H2,1H3/b25-11+. The Kier molecular flexibility index (Phi) is 9.52. The van der Waals surface area contributed by atoms with Crippen LogP contribution in [0.2, 0.25) is 0 Å². The fourth-order valence-electron chi connectivity index (χ4n) is 9.84. The zero-order chi connectivity index (χ0) is 32.4. The number of anilines is 1. The predicted octanol–water partition coefficient (Wildman–Crippen LogP) is 9.81. The van der Waals surface area contributed by atoms with Gasteiger partial charge in [0, 0.05) is 12.5 Å². The molecule has 2 bridgehead atoms. The van der Waals surface area contributed by atoms with Crippen LogP contribution in [0.5, 0.6) is 5.75 Å². The Hall–Kier alpha value is -3.47. The van der Waals surface area contributed by atoms with Crippen molar-refractivity contribution < 1.29 is 19.1 Å². The Morgan fingerprint density at radius 2 is 1.57 bits per heavy atom. The van der Waals surface area contributed by atoms with Crippen molar-refractivity contribution in [2.24, 2.45) is 35.0 Å². The monoisotopic (exact) mass is 633 g/mol. The molecule has 5 nitrogen and oxygen atoms in total. The summed E-state index contributed by atoms with van der Waals surface area (Å²) in [5.41, 5.74) is 2.35. The number of nitrogens with zero attached hydrogens (tertiary/aromatic N) is 1. The van der Waals surface area contributed by atoms with E-state index in [9.17, 15) is 14.4 Å². The van der Waals surface area contributed by atoms with Crippen LogP contribution >= 0.6 is 0 Å². The summed E-state index contributed by atoms with van der Waals surface area (Å²) in [7, 11) is 0. The minimum atomic E-state index is -0.573. The van der Waals surface area contributed by atoms with Crippen LogP contribution in [0, 0.1) is 35.0 Å². The zero-order valence-electron chi connectivity index (χ0n) is 28.1. The zero-order valence-corrected chi connectivity index (χ0v) is 28.1. The molecule has 1 heterocycles. The van der Waals surface area contributed by atoms with Crippen LogP contribution in [0.1, 0.15) is 120 Å². The molecule has 3 saturated carbocycles. The lowest BCUT2D eigenvalue weighted by Crippen LogP contribution is -2.38. The topological polar surface area (TPSA) is 63.7 Å². The second kappa shape index (κ2) is 13.9. The number of esters is 1. The first-order valence-electron chi connectivity index (χ1n) is 18.6. The first-order valence-corrected chi connectivity index (χ1v) is 18.6. The third-order valence-corrected chi connectivity index (χ3v) is 12.5. The van der Waals surface area contributed by atoms with E-state index in [4.69, 9.17) is 4.74 Å². The molecule has 5 heteroatoms. The maximum absolute atomic E-state index is 13.4. The number of benzene rings is 2. The number of hydrogen-bond donors (Lipinski definition) is 0. The number of amides is 2. The summed E-state index contributed by atoms with van der Waals surface area (Å²) in [6, 6.07) is 15.3. The van der Waals surface area contributed by atoms with Gasteiger partial charge in [-0.2, -0.15) is 0 Å². The number of unbranched alkanes of at least 4 members (excludes halogenated alkanes) is 2. The van der Waals surface area contributed by atoms with Crippen molar-refractivity contribution in [1.29, 1.82) is 0 Å². The molecule has 3 atom stereocenters. The van der Waals surface area contributed by atoms with E-state index in [-0.39, 0.29) is 24.2 Å². The summed E-state index contributed by atoms with van der Waals surface area (Å²) < 4.78 is 5.52. The number of rotatable bonds is 10. The Balaban J connectivity index is 0.861. The van der Waals surface area contributed by atoms with Gasteiger partial charge in [-0.25, -0.2) is 4.79 Å². The number of allylic oxidation sites excluding steroid dienone is 2. The summed E-state index contributed by atoms with van der Waals surface area (Å²) in [5.74, 6) is 3.78. The lowest BCUT2D eigenvalue weighted by molar-refractivity contribution is -0.129. The largest absolute Gasteiger partial charge is 0.423 e. The van der Waals surface area contributed by atoms with Gasteiger partial charge in [0.2, 0.25) is 11.8 Å². The molecule has 0 aromatic heterocycles. The normalized spacial score (nSPS) is 31.8.